The number of hydrogen-bond acceptors (Lipinski definition) is 3. The summed E-state index contributed by atoms with van der Waals surface area (Å²) >= 11 is 0. The Morgan fingerprint density at radius 3 is 2.32 bits per heavy atom. The van der Waals surface area contributed by atoms with Crippen LogP contribution in [0.3, 0.4) is 0 Å². The van der Waals surface area contributed by atoms with E-state index in [9.17, 15) is 4.79 Å². The van der Waals surface area contributed by atoms with Gasteiger partial charge in [-0.1, -0.05) is 42.5 Å². The van der Waals surface area contributed by atoms with Crippen LogP contribution in [0.25, 0.3) is 0 Å². The van der Waals surface area contributed by atoms with Gasteiger partial charge in [-0.05, 0) is 43.0 Å². The second-order valence-electron chi connectivity index (χ2n) is 5.16. The van der Waals surface area contributed by atoms with E-state index in [1.54, 1.807) is 0 Å². The smallest absolute Gasteiger partial charge is 0.306 e. The molecule has 1 N–H and O–H groups in total. The monoisotopic (exact) mass is 297 g/mol. The molecule has 2 rings (SSSR count). The molecule has 0 spiro atoms. The van der Waals surface area contributed by atoms with Gasteiger partial charge in [-0.25, -0.2) is 0 Å². The quantitative estimate of drug-likeness (QED) is 0.752. The first-order chi connectivity index (χ1) is 10.8. The van der Waals surface area contributed by atoms with Gasteiger partial charge in [0.25, 0.3) is 0 Å². The van der Waals surface area contributed by atoms with Gasteiger partial charge in [-0.2, -0.15) is 0 Å². The Morgan fingerprint density at radius 1 is 0.955 bits per heavy atom. The van der Waals surface area contributed by atoms with Crippen LogP contribution >= 0.6 is 0 Å². The first-order valence-corrected chi connectivity index (χ1v) is 7.80. The van der Waals surface area contributed by atoms with E-state index in [2.05, 4.69) is 53.8 Å². The molecule has 0 radical (unpaired) electrons. The zero-order chi connectivity index (χ0) is 15.6. The van der Waals surface area contributed by atoms with Crippen LogP contribution in [-0.2, 0) is 22.4 Å². The van der Waals surface area contributed by atoms with Crippen LogP contribution < -0.4 is 5.32 Å². The molecule has 0 unspecified atom stereocenters. The van der Waals surface area contributed by atoms with Gasteiger partial charge in [-0.15, -0.1) is 0 Å². The van der Waals surface area contributed by atoms with Crippen LogP contribution in [0, 0.1) is 0 Å². The summed E-state index contributed by atoms with van der Waals surface area (Å²) in [6, 6.07) is 18.7. The Morgan fingerprint density at radius 2 is 1.64 bits per heavy atom. The minimum Gasteiger partial charge on any atom is -0.466 e. The van der Waals surface area contributed by atoms with E-state index in [0.29, 0.717) is 13.0 Å². The molecule has 22 heavy (non-hydrogen) atoms. The van der Waals surface area contributed by atoms with E-state index in [1.807, 2.05) is 13.0 Å². The normalized spacial score (nSPS) is 10.2. The highest BCUT2D eigenvalue weighted by molar-refractivity contribution is 5.69. The molecule has 0 fully saturated rings. The minimum atomic E-state index is -0.132. The molecule has 0 saturated carbocycles. The highest BCUT2D eigenvalue weighted by Gasteiger charge is 2.02. The average molecular weight is 297 g/mol. The van der Waals surface area contributed by atoms with Gasteiger partial charge in [0.15, 0.2) is 0 Å². The molecular weight excluding hydrogens is 274 g/mol. The molecule has 0 aromatic heterocycles. The van der Waals surface area contributed by atoms with Crippen LogP contribution in [0.15, 0.2) is 54.6 Å². The van der Waals surface area contributed by atoms with Gasteiger partial charge in [0, 0.05) is 18.7 Å². The summed E-state index contributed by atoms with van der Waals surface area (Å²) in [5, 5.41) is 3.41. The largest absolute Gasteiger partial charge is 0.466 e. The molecule has 0 saturated heterocycles. The third-order valence-corrected chi connectivity index (χ3v) is 3.46. The van der Waals surface area contributed by atoms with E-state index >= 15 is 0 Å². The number of aryl methyl sites for hydroxylation is 1. The van der Waals surface area contributed by atoms with Gasteiger partial charge in [0.1, 0.15) is 0 Å². The predicted octanol–water partition coefficient (Wildman–Crippen LogP) is 3.84. The van der Waals surface area contributed by atoms with Crippen molar-refractivity contribution in [3.8, 4) is 0 Å². The zero-order valence-electron chi connectivity index (χ0n) is 13.0. The van der Waals surface area contributed by atoms with E-state index < -0.39 is 0 Å². The molecule has 2 aromatic carbocycles. The van der Waals surface area contributed by atoms with Crippen molar-refractivity contribution in [1.29, 1.82) is 0 Å². The number of esters is 1. The SMILES string of the molecule is CCOC(=O)CCc1ccc(NCCc2ccccc2)cc1. The number of benzene rings is 2. The number of rotatable bonds is 8. The molecule has 116 valence electrons. The van der Waals surface area contributed by atoms with E-state index in [1.165, 1.54) is 5.56 Å². The fourth-order valence-corrected chi connectivity index (χ4v) is 2.26. The highest BCUT2D eigenvalue weighted by atomic mass is 16.5. The minimum absolute atomic E-state index is 0.132. The van der Waals surface area contributed by atoms with E-state index in [-0.39, 0.29) is 5.97 Å². The topological polar surface area (TPSA) is 38.3 Å². The van der Waals surface area contributed by atoms with Crippen molar-refractivity contribution in [1.82, 2.24) is 0 Å². The number of carbonyl (C=O) groups excluding carboxylic acids is 1. The molecule has 0 bridgehead atoms. The molecule has 0 amide bonds. The standard InChI is InChI=1S/C19H23NO2/c1-2-22-19(21)13-10-17-8-11-18(12-9-17)20-15-14-16-6-4-3-5-7-16/h3-9,11-12,20H,2,10,13-15H2,1H3. The molecule has 2 aromatic rings. The van der Waals surface area contributed by atoms with Gasteiger partial charge in [0.05, 0.1) is 6.61 Å². The summed E-state index contributed by atoms with van der Waals surface area (Å²) in [6.45, 7) is 3.18. The summed E-state index contributed by atoms with van der Waals surface area (Å²) in [4.78, 5) is 11.3. The Bertz CT molecular complexity index is 564. The number of carbonyl (C=O) groups is 1. The average Bonchev–Trinajstić information content (AvgIpc) is 2.55. The van der Waals surface area contributed by atoms with Crippen molar-refractivity contribution in [3.05, 3.63) is 65.7 Å². The maximum atomic E-state index is 11.3. The summed E-state index contributed by atoms with van der Waals surface area (Å²) < 4.78 is 4.93. The maximum Gasteiger partial charge on any atom is 0.306 e. The molecule has 0 aliphatic rings. The van der Waals surface area contributed by atoms with Crippen molar-refractivity contribution in [2.75, 3.05) is 18.5 Å². The maximum absolute atomic E-state index is 11.3. The summed E-state index contributed by atoms with van der Waals surface area (Å²) in [5.41, 5.74) is 3.60. The Balaban J connectivity index is 1.73. The third-order valence-electron chi connectivity index (χ3n) is 3.46. The Labute approximate surface area is 132 Å². The molecular formula is C19H23NO2. The third kappa shape index (κ3) is 5.60. The van der Waals surface area contributed by atoms with Crippen LogP contribution in [0.4, 0.5) is 5.69 Å². The number of hydrogen-bond donors (Lipinski definition) is 1. The van der Waals surface area contributed by atoms with Crippen molar-refractivity contribution >= 4 is 11.7 Å². The lowest BCUT2D eigenvalue weighted by atomic mass is 10.1. The zero-order valence-corrected chi connectivity index (χ0v) is 13.0. The van der Waals surface area contributed by atoms with Crippen molar-refractivity contribution < 1.29 is 9.53 Å². The van der Waals surface area contributed by atoms with Crippen LogP contribution in [0.2, 0.25) is 0 Å². The Kier molecular flexibility index (Phi) is 6.49. The lowest BCUT2D eigenvalue weighted by molar-refractivity contribution is -0.143. The van der Waals surface area contributed by atoms with Crippen LogP contribution in [0.1, 0.15) is 24.5 Å². The number of nitrogens with one attached hydrogen (secondary N) is 1. The van der Waals surface area contributed by atoms with Gasteiger partial charge in [0.2, 0.25) is 0 Å². The second-order valence-corrected chi connectivity index (χ2v) is 5.16. The first-order valence-electron chi connectivity index (χ1n) is 7.80. The fourth-order valence-electron chi connectivity index (χ4n) is 2.26. The molecule has 0 heterocycles. The predicted molar refractivity (Wildman–Crippen MR) is 90.0 cm³/mol. The van der Waals surface area contributed by atoms with Crippen molar-refractivity contribution in [3.63, 3.8) is 0 Å². The van der Waals surface area contributed by atoms with Gasteiger partial charge >= 0.3 is 5.97 Å². The summed E-state index contributed by atoms with van der Waals surface area (Å²) in [5.74, 6) is -0.132. The van der Waals surface area contributed by atoms with E-state index in [0.717, 1.165) is 30.6 Å². The van der Waals surface area contributed by atoms with Gasteiger partial charge in [-0.3, -0.25) is 4.79 Å². The van der Waals surface area contributed by atoms with Crippen LogP contribution in [-0.4, -0.2) is 19.1 Å². The number of ether oxygens (including phenoxy) is 1. The highest BCUT2D eigenvalue weighted by Crippen LogP contribution is 2.11. The van der Waals surface area contributed by atoms with Crippen LogP contribution in [0.5, 0.6) is 0 Å². The molecule has 3 nitrogen and oxygen atoms in total. The Hall–Kier alpha value is -2.29. The summed E-state index contributed by atoms with van der Waals surface area (Å²) in [7, 11) is 0. The fraction of sp³-hybridized carbons (Fsp3) is 0.316. The molecule has 0 atom stereocenters. The molecule has 0 aliphatic carbocycles. The van der Waals surface area contributed by atoms with Crippen molar-refractivity contribution in [2.45, 2.75) is 26.2 Å². The first kappa shape index (κ1) is 16.1. The van der Waals surface area contributed by atoms with E-state index in [4.69, 9.17) is 4.74 Å². The molecule has 3 heteroatoms. The van der Waals surface area contributed by atoms with Gasteiger partial charge < -0.3 is 10.1 Å². The lowest BCUT2D eigenvalue weighted by Gasteiger charge is -2.08. The van der Waals surface area contributed by atoms with Crippen molar-refractivity contribution in [2.24, 2.45) is 0 Å². The molecule has 0 aliphatic heterocycles. The lowest BCUT2D eigenvalue weighted by Crippen LogP contribution is -2.06. The summed E-state index contributed by atoms with van der Waals surface area (Å²) in [6.07, 6.45) is 2.17. The number of anilines is 1. The second kappa shape index (κ2) is 8.88.